The maximum absolute atomic E-state index is 10.6. The Bertz CT molecular complexity index is 387. The third-order valence-corrected chi connectivity index (χ3v) is 3.70. The summed E-state index contributed by atoms with van der Waals surface area (Å²) in [6.07, 6.45) is 5.91. The minimum atomic E-state index is -0.00870. The van der Waals surface area contributed by atoms with Gasteiger partial charge in [0.2, 0.25) is 4.38 Å². The SMILES string of the molecule is CCCCC(OC(=S)SC)c1ccc(C=O)cc1. The van der Waals surface area contributed by atoms with Gasteiger partial charge in [0.1, 0.15) is 12.4 Å². The van der Waals surface area contributed by atoms with Gasteiger partial charge in [-0.15, -0.1) is 0 Å². The number of benzene rings is 1. The highest BCUT2D eigenvalue weighted by molar-refractivity contribution is 8.22. The van der Waals surface area contributed by atoms with Gasteiger partial charge in [0.25, 0.3) is 0 Å². The third kappa shape index (κ3) is 4.78. The van der Waals surface area contributed by atoms with Crippen molar-refractivity contribution in [3.8, 4) is 0 Å². The molecule has 0 saturated carbocycles. The molecule has 0 bridgehead atoms. The molecular weight excluding hydrogens is 264 g/mol. The number of thiocarbonyl (C=S) groups is 1. The number of hydrogen-bond donors (Lipinski definition) is 0. The molecule has 18 heavy (non-hydrogen) atoms. The van der Waals surface area contributed by atoms with E-state index >= 15 is 0 Å². The number of ether oxygens (including phenoxy) is 1. The van der Waals surface area contributed by atoms with Crippen LogP contribution in [0.3, 0.4) is 0 Å². The highest BCUT2D eigenvalue weighted by Crippen LogP contribution is 2.25. The van der Waals surface area contributed by atoms with Gasteiger partial charge in [-0.3, -0.25) is 4.79 Å². The monoisotopic (exact) mass is 282 g/mol. The fraction of sp³-hybridized carbons (Fsp3) is 0.429. The van der Waals surface area contributed by atoms with Crippen molar-refractivity contribution in [1.82, 2.24) is 0 Å². The van der Waals surface area contributed by atoms with Crippen molar-refractivity contribution in [2.45, 2.75) is 32.3 Å². The van der Waals surface area contributed by atoms with Crippen LogP contribution in [0.1, 0.15) is 48.2 Å². The second-order valence-electron chi connectivity index (χ2n) is 3.99. The maximum atomic E-state index is 10.6. The van der Waals surface area contributed by atoms with Gasteiger partial charge in [-0.25, -0.2) is 0 Å². The molecule has 98 valence electrons. The predicted molar refractivity (Wildman–Crippen MR) is 81.3 cm³/mol. The van der Waals surface area contributed by atoms with E-state index in [1.54, 1.807) is 0 Å². The Labute approximate surface area is 118 Å². The molecule has 0 fully saturated rings. The fourth-order valence-electron chi connectivity index (χ4n) is 1.64. The first-order valence-corrected chi connectivity index (χ1v) is 7.64. The molecule has 1 unspecified atom stereocenters. The number of rotatable bonds is 6. The number of hydrogen-bond acceptors (Lipinski definition) is 4. The molecule has 0 heterocycles. The van der Waals surface area contributed by atoms with Crippen LogP contribution in [-0.2, 0) is 4.74 Å². The van der Waals surface area contributed by atoms with E-state index in [1.165, 1.54) is 11.8 Å². The van der Waals surface area contributed by atoms with Crippen molar-refractivity contribution in [3.05, 3.63) is 35.4 Å². The van der Waals surface area contributed by atoms with Crippen molar-refractivity contribution >= 4 is 34.6 Å². The van der Waals surface area contributed by atoms with Crippen LogP contribution in [-0.4, -0.2) is 16.9 Å². The third-order valence-electron chi connectivity index (χ3n) is 2.67. The molecule has 1 aromatic rings. The lowest BCUT2D eigenvalue weighted by Gasteiger charge is -2.19. The highest BCUT2D eigenvalue weighted by atomic mass is 32.2. The van der Waals surface area contributed by atoms with Gasteiger partial charge < -0.3 is 4.74 Å². The van der Waals surface area contributed by atoms with Crippen molar-refractivity contribution in [3.63, 3.8) is 0 Å². The second kappa shape index (κ2) is 8.27. The Kier molecular flexibility index (Phi) is 6.98. The van der Waals surface area contributed by atoms with Crippen LogP contribution in [0.15, 0.2) is 24.3 Å². The van der Waals surface area contributed by atoms with E-state index < -0.39 is 0 Å². The van der Waals surface area contributed by atoms with Gasteiger partial charge in [0, 0.05) is 5.56 Å². The van der Waals surface area contributed by atoms with Gasteiger partial charge >= 0.3 is 0 Å². The molecule has 0 N–H and O–H groups in total. The van der Waals surface area contributed by atoms with Crippen molar-refractivity contribution in [2.75, 3.05) is 6.26 Å². The molecule has 1 aromatic carbocycles. The number of carbonyl (C=O) groups excluding carboxylic acids is 1. The van der Waals surface area contributed by atoms with Gasteiger partial charge in [-0.2, -0.15) is 0 Å². The average molecular weight is 282 g/mol. The molecule has 4 heteroatoms. The molecular formula is C14H18O2S2. The first kappa shape index (κ1) is 15.2. The van der Waals surface area contributed by atoms with E-state index in [2.05, 4.69) is 6.92 Å². The number of carbonyl (C=O) groups is 1. The summed E-state index contributed by atoms with van der Waals surface area (Å²) in [5, 5.41) is 0. The summed E-state index contributed by atoms with van der Waals surface area (Å²) in [6, 6.07) is 7.50. The smallest absolute Gasteiger partial charge is 0.220 e. The van der Waals surface area contributed by atoms with E-state index in [4.69, 9.17) is 17.0 Å². The topological polar surface area (TPSA) is 26.3 Å². The molecule has 0 aromatic heterocycles. The minimum Gasteiger partial charge on any atom is -0.470 e. The van der Waals surface area contributed by atoms with Crippen molar-refractivity contribution in [1.29, 1.82) is 0 Å². The summed E-state index contributed by atoms with van der Waals surface area (Å²) in [4.78, 5) is 10.6. The summed E-state index contributed by atoms with van der Waals surface area (Å²) in [5.74, 6) is 0. The van der Waals surface area contributed by atoms with Crippen LogP contribution in [0, 0.1) is 0 Å². The van der Waals surface area contributed by atoms with E-state index in [0.29, 0.717) is 9.95 Å². The quantitative estimate of drug-likeness (QED) is 0.571. The molecule has 0 aliphatic carbocycles. The second-order valence-corrected chi connectivity index (χ2v) is 5.40. The van der Waals surface area contributed by atoms with E-state index in [1.807, 2.05) is 30.5 Å². The zero-order valence-corrected chi connectivity index (χ0v) is 12.4. The van der Waals surface area contributed by atoms with E-state index in [0.717, 1.165) is 31.1 Å². The standard InChI is InChI=1S/C14H18O2S2/c1-3-4-5-13(16-14(17)18-2)12-8-6-11(10-15)7-9-12/h6-10,13H,3-5H2,1-2H3. The molecule has 1 rings (SSSR count). The number of unbranched alkanes of at least 4 members (excludes halogenated alkanes) is 1. The predicted octanol–water partition coefficient (Wildman–Crippen LogP) is 4.39. The molecule has 0 aliphatic heterocycles. The van der Waals surface area contributed by atoms with Crippen LogP contribution in [0.25, 0.3) is 0 Å². The normalized spacial score (nSPS) is 11.9. The van der Waals surface area contributed by atoms with Crippen molar-refractivity contribution < 1.29 is 9.53 Å². The summed E-state index contributed by atoms with van der Waals surface area (Å²) in [7, 11) is 0. The van der Waals surface area contributed by atoms with E-state index in [9.17, 15) is 4.79 Å². The molecule has 0 aliphatic rings. The lowest BCUT2D eigenvalue weighted by atomic mass is 10.0. The van der Waals surface area contributed by atoms with Crippen LogP contribution >= 0.6 is 24.0 Å². The minimum absolute atomic E-state index is 0.00870. The fourth-order valence-corrected chi connectivity index (χ4v) is 1.97. The molecule has 0 spiro atoms. The molecule has 1 atom stereocenters. The van der Waals surface area contributed by atoms with Gasteiger partial charge in [-0.05, 0) is 36.9 Å². The lowest BCUT2D eigenvalue weighted by molar-refractivity contribution is 0.112. The van der Waals surface area contributed by atoms with Gasteiger partial charge in [-0.1, -0.05) is 49.4 Å². The summed E-state index contributed by atoms with van der Waals surface area (Å²) in [5.41, 5.74) is 1.76. The number of aldehydes is 1. The Morgan fingerprint density at radius 2 is 2.11 bits per heavy atom. The lowest BCUT2D eigenvalue weighted by Crippen LogP contribution is -2.07. The van der Waals surface area contributed by atoms with Gasteiger partial charge in [0.15, 0.2) is 0 Å². The summed E-state index contributed by atoms with van der Waals surface area (Å²) in [6.45, 7) is 2.15. The Morgan fingerprint density at radius 1 is 1.44 bits per heavy atom. The summed E-state index contributed by atoms with van der Waals surface area (Å²) < 4.78 is 6.33. The van der Waals surface area contributed by atoms with Crippen LogP contribution < -0.4 is 0 Å². The number of thioether (sulfide) groups is 1. The van der Waals surface area contributed by atoms with Crippen LogP contribution in [0.5, 0.6) is 0 Å². The van der Waals surface area contributed by atoms with E-state index in [-0.39, 0.29) is 6.10 Å². The summed E-state index contributed by atoms with van der Waals surface area (Å²) >= 11 is 6.56. The average Bonchev–Trinajstić information content (AvgIpc) is 2.43. The zero-order valence-electron chi connectivity index (χ0n) is 10.7. The first-order valence-electron chi connectivity index (χ1n) is 6.01. The first-order chi connectivity index (χ1) is 8.71. The molecule has 0 radical (unpaired) electrons. The Balaban J connectivity index is 2.78. The highest BCUT2D eigenvalue weighted by Gasteiger charge is 2.14. The van der Waals surface area contributed by atoms with Crippen molar-refractivity contribution in [2.24, 2.45) is 0 Å². The van der Waals surface area contributed by atoms with Gasteiger partial charge in [0.05, 0.1) is 0 Å². The zero-order chi connectivity index (χ0) is 13.4. The maximum Gasteiger partial charge on any atom is 0.220 e. The Morgan fingerprint density at radius 3 is 2.61 bits per heavy atom. The van der Waals surface area contributed by atoms with Crippen LogP contribution in [0.2, 0.25) is 0 Å². The molecule has 0 saturated heterocycles. The largest absolute Gasteiger partial charge is 0.470 e. The Hall–Kier alpha value is -0.870. The molecule has 2 nitrogen and oxygen atoms in total. The molecule has 0 amide bonds. The van der Waals surface area contributed by atoms with Crippen LogP contribution in [0.4, 0.5) is 0 Å².